The Morgan fingerprint density at radius 1 is 1.19 bits per heavy atom. The van der Waals surface area contributed by atoms with Gasteiger partial charge in [0.15, 0.2) is 0 Å². The Morgan fingerprint density at radius 3 is 2.46 bits per heavy atom. The number of amides is 3. The lowest BCUT2D eigenvalue weighted by molar-refractivity contribution is -0.00536. The van der Waals surface area contributed by atoms with Gasteiger partial charge >= 0.3 is 6.03 Å². The molecule has 1 aromatic rings. The maximum atomic E-state index is 13.8. The topological polar surface area (TPSA) is 61.9 Å². The molecular weight excluding hydrogens is 337 g/mol. The lowest BCUT2D eigenvalue weighted by Gasteiger charge is -2.49. The Morgan fingerprint density at radius 2 is 1.85 bits per heavy atom. The van der Waals surface area contributed by atoms with E-state index in [0.717, 1.165) is 12.8 Å². The van der Waals surface area contributed by atoms with Crippen LogP contribution in [-0.4, -0.2) is 66.2 Å². The number of nitrogens with one attached hydrogen (secondary N) is 1. The lowest BCUT2D eigenvalue weighted by atomic mass is 9.99. The maximum absolute atomic E-state index is 13.8. The van der Waals surface area contributed by atoms with Crippen molar-refractivity contribution in [2.24, 2.45) is 0 Å². The molecule has 0 aliphatic carbocycles. The molecule has 1 aromatic carbocycles. The average Bonchev–Trinajstić information content (AvgIpc) is 2.57. The molecule has 2 fully saturated rings. The summed E-state index contributed by atoms with van der Waals surface area (Å²) in [5.74, 6) is -0.838. The first-order valence-corrected chi connectivity index (χ1v) is 9.17. The highest BCUT2D eigenvalue weighted by Crippen LogP contribution is 2.25. The maximum Gasteiger partial charge on any atom is 0.318 e. The predicted octanol–water partition coefficient (Wildman–Crippen LogP) is 2.25. The van der Waals surface area contributed by atoms with Crippen molar-refractivity contribution in [3.63, 3.8) is 0 Å². The van der Waals surface area contributed by atoms with Gasteiger partial charge in [0, 0.05) is 38.4 Å². The molecule has 6 nitrogen and oxygen atoms in total. The molecular formula is C19H26FN3O3. The van der Waals surface area contributed by atoms with Crippen molar-refractivity contribution in [3.8, 4) is 0 Å². The van der Waals surface area contributed by atoms with Crippen LogP contribution in [0.4, 0.5) is 9.18 Å². The monoisotopic (exact) mass is 363 g/mol. The molecule has 2 saturated heterocycles. The van der Waals surface area contributed by atoms with Gasteiger partial charge in [0.2, 0.25) is 0 Å². The smallest absolute Gasteiger partial charge is 0.318 e. The van der Waals surface area contributed by atoms with Gasteiger partial charge in [-0.15, -0.1) is 0 Å². The molecule has 1 N–H and O–H groups in total. The minimum atomic E-state index is -0.514. The standard InChI is InChI=1S/C19H26FN3O3/c1-13(2)21-19(25)23(14-7-9-26-10-8-14)15-11-22(12-15)18(24)16-5-3-4-6-17(16)20/h3-6,13-15H,7-12H2,1-2H3,(H,21,25). The van der Waals surface area contributed by atoms with E-state index in [-0.39, 0.29) is 35.6 Å². The van der Waals surface area contributed by atoms with Gasteiger partial charge in [-0.25, -0.2) is 9.18 Å². The summed E-state index contributed by atoms with van der Waals surface area (Å²) in [6.45, 7) is 5.98. The number of ether oxygens (including phenoxy) is 1. The summed E-state index contributed by atoms with van der Waals surface area (Å²) in [5, 5.41) is 2.96. The Bertz CT molecular complexity index is 655. The third-order valence-electron chi connectivity index (χ3n) is 4.88. The lowest BCUT2D eigenvalue weighted by Crippen LogP contribution is -2.66. The zero-order chi connectivity index (χ0) is 18.7. The first-order chi connectivity index (χ1) is 12.5. The summed E-state index contributed by atoms with van der Waals surface area (Å²) in [6.07, 6.45) is 1.59. The van der Waals surface area contributed by atoms with Gasteiger partial charge in [0.25, 0.3) is 5.91 Å². The SMILES string of the molecule is CC(C)NC(=O)N(C1CCOCC1)C1CN(C(=O)c2ccccc2F)C1. The Balaban J connectivity index is 1.67. The number of hydrogen-bond acceptors (Lipinski definition) is 3. The summed E-state index contributed by atoms with van der Waals surface area (Å²) >= 11 is 0. The van der Waals surface area contributed by atoms with Crippen molar-refractivity contribution in [2.75, 3.05) is 26.3 Å². The summed E-state index contributed by atoms with van der Waals surface area (Å²) in [4.78, 5) is 28.6. The summed E-state index contributed by atoms with van der Waals surface area (Å²) in [6, 6.07) is 6.00. The number of nitrogens with zero attached hydrogens (tertiary/aromatic N) is 2. The Kier molecular flexibility index (Phi) is 5.76. The Labute approximate surface area is 153 Å². The van der Waals surface area contributed by atoms with Gasteiger partial charge in [0.1, 0.15) is 5.82 Å². The molecule has 0 aromatic heterocycles. The van der Waals surface area contributed by atoms with Crippen LogP contribution in [0, 0.1) is 5.82 Å². The first kappa shape index (κ1) is 18.6. The molecule has 3 amide bonds. The molecule has 2 aliphatic rings. The molecule has 0 atom stereocenters. The van der Waals surface area contributed by atoms with Crippen LogP contribution in [0.5, 0.6) is 0 Å². The highest BCUT2D eigenvalue weighted by molar-refractivity contribution is 5.95. The molecule has 0 spiro atoms. The van der Waals surface area contributed by atoms with E-state index in [1.54, 1.807) is 17.0 Å². The molecule has 0 saturated carbocycles. The Hall–Kier alpha value is -2.15. The highest BCUT2D eigenvalue weighted by atomic mass is 19.1. The fourth-order valence-electron chi connectivity index (χ4n) is 3.52. The minimum Gasteiger partial charge on any atom is -0.381 e. The van der Waals surface area contributed by atoms with E-state index in [0.29, 0.717) is 26.3 Å². The molecule has 26 heavy (non-hydrogen) atoms. The molecule has 142 valence electrons. The molecule has 3 rings (SSSR count). The molecule has 0 unspecified atom stereocenters. The normalized spacial score (nSPS) is 18.5. The first-order valence-electron chi connectivity index (χ1n) is 9.17. The number of benzene rings is 1. The van der Waals surface area contributed by atoms with Crippen LogP contribution in [0.25, 0.3) is 0 Å². The molecule has 0 radical (unpaired) electrons. The molecule has 2 heterocycles. The molecule has 0 bridgehead atoms. The van der Waals surface area contributed by atoms with Gasteiger partial charge in [-0.3, -0.25) is 4.79 Å². The number of carbonyl (C=O) groups excluding carboxylic acids is 2. The zero-order valence-electron chi connectivity index (χ0n) is 15.3. The number of urea groups is 1. The van der Waals surface area contributed by atoms with Crippen molar-refractivity contribution in [1.29, 1.82) is 0 Å². The van der Waals surface area contributed by atoms with Crippen molar-refractivity contribution in [3.05, 3.63) is 35.6 Å². The molecule has 7 heteroatoms. The number of likely N-dealkylation sites (tertiary alicyclic amines) is 1. The predicted molar refractivity (Wildman–Crippen MR) is 95.4 cm³/mol. The van der Waals surface area contributed by atoms with Crippen molar-refractivity contribution in [2.45, 2.75) is 44.8 Å². The van der Waals surface area contributed by atoms with Crippen LogP contribution < -0.4 is 5.32 Å². The van der Waals surface area contributed by atoms with Crippen LogP contribution in [0.3, 0.4) is 0 Å². The van der Waals surface area contributed by atoms with E-state index in [9.17, 15) is 14.0 Å². The number of hydrogen-bond donors (Lipinski definition) is 1. The summed E-state index contributed by atoms with van der Waals surface area (Å²) in [7, 11) is 0. The zero-order valence-corrected chi connectivity index (χ0v) is 15.3. The number of rotatable bonds is 4. The second kappa shape index (κ2) is 8.03. The summed E-state index contributed by atoms with van der Waals surface area (Å²) in [5.41, 5.74) is 0.0789. The largest absolute Gasteiger partial charge is 0.381 e. The highest BCUT2D eigenvalue weighted by Gasteiger charge is 2.41. The van der Waals surface area contributed by atoms with E-state index in [1.807, 2.05) is 18.7 Å². The fraction of sp³-hybridized carbons (Fsp3) is 0.579. The molecule has 2 aliphatic heterocycles. The second-order valence-corrected chi connectivity index (χ2v) is 7.20. The van der Waals surface area contributed by atoms with E-state index in [4.69, 9.17) is 4.74 Å². The number of halogens is 1. The quantitative estimate of drug-likeness (QED) is 0.893. The fourth-order valence-corrected chi connectivity index (χ4v) is 3.52. The van der Waals surface area contributed by atoms with Gasteiger partial charge in [-0.05, 0) is 38.8 Å². The van der Waals surface area contributed by atoms with Crippen LogP contribution in [0.1, 0.15) is 37.0 Å². The number of carbonyl (C=O) groups is 2. The minimum absolute atomic E-state index is 0.0427. The second-order valence-electron chi connectivity index (χ2n) is 7.20. The third-order valence-corrected chi connectivity index (χ3v) is 4.88. The van der Waals surface area contributed by atoms with Crippen LogP contribution in [0.15, 0.2) is 24.3 Å². The summed E-state index contributed by atoms with van der Waals surface area (Å²) < 4.78 is 19.3. The van der Waals surface area contributed by atoms with Crippen LogP contribution >= 0.6 is 0 Å². The van der Waals surface area contributed by atoms with Crippen molar-refractivity contribution < 1.29 is 18.7 Å². The third kappa shape index (κ3) is 3.98. The van der Waals surface area contributed by atoms with Gasteiger partial charge in [-0.2, -0.15) is 0 Å². The van der Waals surface area contributed by atoms with E-state index in [1.165, 1.54) is 12.1 Å². The van der Waals surface area contributed by atoms with Crippen molar-refractivity contribution >= 4 is 11.9 Å². The average molecular weight is 363 g/mol. The van der Waals surface area contributed by atoms with Gasteiger partial charge < -0.3 is 19.9 Å². The van der Waals surface area contributed by atoms with E-state index in [2.05, 4.69) is 5.32 Å². The van der Waals surface area contributed by atoms with Crippen LogP contribution in [0.2, 0.25) is 0 Å². The van der Waals surface area contributed by atoms with E-state index >= 15 is 0 Å². The van der Waals surface area contributed by atoms with Crippen molar-refractivity contribution in [1.82, 2.24) is 15.1 Å². The van der Waals surface area contributed by atoms with Gasteiger partial charge in [0.05, 0.1) is 11.6 Å². The van der Waals surface area contributed by atoms with Gasteiger partial charge in [-0.1, -0.05) is 12.1 Å². The van der Waals surface area contributed by atoms with Crippen LogP contribution in [-0.2, 0) is 4.74 Å². The van der Waals surface area contributed by atoms with E-state index < -0.39 is 5.82 Å².